The molecule has 3 aliphatic rings. The number of nitrogens with zero attached hydrogens (tertiary/aromatic N) is 5. The Labute approximate surface area is 180 Å². The molecule has 1 saturated carbocycles. The summed E-state index contributed by atoms with van der Waals surface area (Å²) >= 11 is 5.58. The number of benzene rings is 1. The molecule has 0 unspecified atom stereocenters. The van der Waals surface area contributed by atoms with Crippen LogP contribution < -0.4 is 14.9 Å². The minimum atomic E-state index is -4.79. The molecular weight excluding hydrogens is 431 g/mol. The normalized spacial score (nSPS) is 18.9. The number of rotatable bonds is 3. The average molecular weight is 445 g/mol. The summed E-state index contributed by atoms with van der Waals surface area (Å²) < 4.78 is 40.3. The van der Waals surface area contributed by atoms with Gasteiger partial charge in [-0.15, -0.1) is 0 Å². The average Bonchev–Trinajstić information content (AvgIpc) is 3.35. The fourth-order valence-corrected chi connectivity index (χ4v) is 4.71. The number of nitriles is 1. The summed E-state index contributed by atoms with van der Waals surface area (Å²) in [6.45, 7) is 0. The lowest BCUT2D eigenvalue weighted by atomic mass is 9.75. The molecule has 1 saturated heterocycles. The third-order valence-electron chi connectivity index (χ3n) is 5.92. The lowest BCUT2D eigenvalue weighted by Crippen LogP contribution is -2.55. The minimum Gasteiger partial charge on any atom is -0.303 e. The Bertz CT molecular complexity index is 1190. The Morgan fingerprint density at radius 2 is 1.97 bits per heavy atom. The predicted molar refractivity (Wildman–Crippen MR) is 109 cm³/mol. The molecular formula is C20H14F3N5O2S. The summed E-state index contributed by atoms with van der Waals surface area (Å²) in [6, 6.07) is 7.67. The van der Waals surface area contributed by atoms with E-state index in [0.29, 0.717) is 18.5 Å². The summed E-state index contributed by atoms with van der Waals surface area (Å²) in [7, 11) is 1.54. The van der Waals surface area contributed by atoms with Crippen LogP contribution >= 0.6 is 12.2 Å². The fourth-order valence-electron chi connectivity index (χ4n) is 4.24. The van der Waals surface area contributed by atoms with Crippen molar-refractivity contribution in [2.24, 2.45) is 0 Å². The van der Waals surface area contributed by atoms with E-state index in [0.717, 1.165) is 35.0 Å². The molecule has 1 aliphatic carbocycles. The van der Waals surface area contributed by atoms with Gasteiger partial charge < -0.3 is 4.90 Å². The van der Waals surface area contributed by atoms with Crippen molar-refractivity contribution in [2.45, 2.75) is 31.0 Å². The SMILES string of the molecule is CON1c2ccc(N3C(=S)N(c4cnc(C#N)c(C(F)(F)F)c4)C(=O)C34CCC4)cc21. The number of aromatic nitrogens is 1. The number of halogens is 3. The van der Waals surface area contributed by atoms with E-state index >= 15 is 0 Å². The van der Waals surface area contributed by atoms with Gasteiger partial charge in [0.2, 0.25) is 0 Å². The Morgan fingerprint density at radius 1 is 1.23 bits per heavy atom. The van der Waals surface area contributed by atoms with Crippen LogP contribution in [0.2, 0.25) is 0 Å². The van der Waals surface area contributed by atoms with E-state index in [2.05, 4.69) is 4.98 Å². The molecule has 0 N–H and O–H groups in total. The van der Waals surface area contributed by atoms with E-state index in [1.807, 2.05) is 12.1 Å². The first-order valence-electron chi connectivity index (χ1n) is 9.37. The number of amides is 1. The smallest absolute Gasteiger partial charge is 0.303 e. The molecule has 158 valence electrons. The highest BCUT2D eigenvalue weighted by atomic mass is 32.1. The van der Waals surface area contributed by atoms with Gasteiger partial charge in [-0.1, -0.05) is 0 Å². The molecule has 1 spiro atoms. The molecule has 2 fully saturated rings. The zero-order valence-corrected chi connectivity index (χ0v) is 16.9. The van der Waals surface area contributed by atoms with E-state index in [9.17, 15) is 18.0 Å². The summed E-state index contributed by atoms with van der Waals surface area (Å²) in [5, 5.41) is 10.7. The van der Waals surface area contributed by atoms with E-state index in [1.54, 1.807) is 16.0 Å². The van der Waals surface area contributed by atoms with E-state index in [4.69, 9.17) is 22.3 Å². The van der Waals surface area contributed by atoms with Crippen LogP contribution in [0.4, 0.5) is 35.9 Å². The van der Waals surface area contributed by atoms with Gasteiger partial charge in [0.25, 0.3) is 5.91 Å². The first-order chi connectivity index (χ1) is 14.7. The van der Waals surface area contributed by atoms with Gasteiger partial charge in [-0.2, -0.15) is 18.4 Å². The second kappa shape index (κ2) is 6.38. The van der Waals surface area contributed by atoms with Crippen LogP contribution in [-0.4, -0.2) is 28.7 Å². The van der Waals surface area contributed by atoms with Crippen LogP contribution in [0.25, 0.3) is 0 Å². The van der Waals surface area contributed by atoms with Crippen LogP contribution in [0.5, 0.6) is 0 Å². The Hall–Kier alpha value is -3.23. The van der Waals surface area contributed by atoms with Gasteiger partial charge in [0.1, 0.15) is 11.6 Å². The molecule has 11 heteroatoms. The number of anilines is 4. The summed E-state index contributed by atoms with van der Waals surface area (Å²) in [5.74, 6) is -0.392. The summed E-state index contributed by atoms with van der Waals surface area (Å²) in [5.41, 5.74) is -0.614. The Kier molecular flexibility index (Phi) is 4.06. The topological polar surface area (TPSA) is 72.5 Å². The molecule has 0 atom stereocenters. The molecule has 1 aromatic heterocycles. The highest BCUT2D eigenvalue weighted by molar-refractivity contribution is 7.81. The minimum absolute atomic E-state index is 0.0777. The molecule has 1 amide bonds. The molecule has 2 aliphatic heterocycles. The molecule has 7 nitrogen and oxygen atoms in total. The number of hydrogen-bond donors (Lipinski definition) is 0. The van der Waals surface area contributed by atoms with Crippen molar-refractivity contribution in [2.75, 3.05) is 22.0 Å². The molecule has 31 heavy (non-hydrogen) atoms. The van der Waals surface area contributed by atoms with Crippen molar-refractivity contribution in [3.8, 4) is 6.07 Å². The number of pyridine rings is 1. The van der Waals surface area contributed by atoms with Crippen LogP contribution in [-0.2, 0) is 15.8 Å². The maximum absolute atomic E-state index is 13.4. The Morgan fingerprint density at radius 3 is 2.55 bits per heavy atom. The van der Waals surface area contributed by atoms with E-state index < -0.39 is 28.9 Å². The maximum atomic E-state index is 13.4. The first-order valence-corrected chi connectivity index (χ1v) is 9.78. The molecule has 0 bridgehead atoms. The standard InChI is InChI=1S/C20H14F3N5O2S/c1-30-28-15-4-3-11(8-16(15)28)27-18(31)26(17(29)19(27)5-2-6-19)12-7-13(20(21,22)23)14(9-24)25-10-12/h3-4,7-8,10H,2,5-6H2,1H3. The zero-order valence-electron chi connectivity index (χ0n) is 16.1. The maximum Gasteiger partial charge on any atom is 0.419 e. The van der Waals surface area contributed by atoms with Crippen LogP contribution in [0.1, 0.15) is 30.5 Å². The van der Waals surface area contributed by atoms with Crippen molar-refractivity contribution in [3.63, 3.8) is 0 Å². The number of thiocarbonyl (C=S) groups is 1. The van der Waals surface area contributed by atoms with Gasteiger partial charge in [-0.25, -0.2) is 10.0 Å². The van der Waals surface area contributed by atoms with Crippen molar-refractivity contribution in [1.29, 1.82) is 5.26 Å². The van der Waals surface area contributed by atoms with Crippen molar-refractivity contribution < 1.29 is 22.8 Å². The molecule has 5 rings (SSSR count). The van der Waals surface area contributed by atoms with Crippen LogP contribution in [0.3, 0.4) is 0 Å². The van der Waals surface area contributed by atoms with Gasteiger partial charge in [-0.3, -0.25) is 14.5 Å². The van der Waals surface area contributed by atoms with Crippen molar-refractivity contribution in [1.82, 2.24) is 4.98 Å². The highest BCUT2D eigenvalue weighted by Crippen LogP contribution is 2.53. The number of hydrogen-bond acceptors (Lipinski definition) is 6. The lowest BCUT2D eigenvalue weighted by Gasteiger charge is -2.42. The van der Waals surface area contributed by atoms with Crippen molar-refractivity contribution >= 4 is 46.0 Å². The van der Waals surface area contributed by atoms with E-state index in [1.165, 1.54) is 13.2 Å². The van der Waals surface area contributed by atoms with Gasteiger partial charge in [0, 0.05) is 5.69 Å². The monoisotopic (exact) mass is 445 g/mol. The zero-order chi connectivity index (χ0) is 22.1. The van der Waals surface area contributed by atoms with Gasteiger partial charge >= 0.3 is 6.18 Å². The third-order valence-corrected chi connectivity index (χ3v) is 6.29. The van der Waals surface area contributed by atoms with Gasteiger partial charge in [0.05, 0.1) is 35.9 Å². The Balaban J connectivity index is 1.58. The quantitative estimate of drug-likeness (QED) is 0.521. The number of carbonyl (C=O) groups excluding carboxylic acids is 1. The third kappa shape index (κ3) is 2.65. The van der Waals surface area contributed by atoms with Crippen LogP contribution in [0.15, 0.2) is 30.5 Å². The number of alkyl halides is 3. The lowest BCUT2D eigenvalue weighted by molar-refractivity contribution is -0.138. The summed E-state index contributed by atoms with van der Waals surface area (Å²) in [6.07, 6.45) is -1.85. The predicted octanol–water partition coefficient (Wildman–Crippen LogP) is 4.05. The van der Waals surface area contributed by atoms with E-state index in [-0.39, 0.29) is 10.8 Å². The fraction of sp³-hybridized carbons (Fsp3) is 0.300. The van der Waals surface area contributed by atoms with Crippen LogP contribution in [0, 0.1) is 11.3 Å². The largest absolute Gasteiger partial charge is 0.419 e. The molecule has 3 heterocycles. The number of carbonyl (C=O) groups is 1. The van der Waals surface area contributed by atoms with Gasteiger partial charge in [-0.05, 0) is 55.7 Å². The first kappa shape index (κ1) is 19.7. The summed E-state index contributed by atoms with van der Waals surface area (Å²) in [4.78, 5) is 25.1. The number of fused-ring (bicyclic) bond motifs is 1. The second-order valence-corrected chi connectivity index (χ2v) is 7.86. The van der Waals surface area contributed by atoms with Crippen molar-refractivity contribution in [3.05, 3.63) is 41.7 Å². The molecule has 0 radical (unpaired) electrons. The molecule has 2 aromatic rings. The highest BCUT2D eigenvalue weighted by Gasteiger charge is 2.60. The molecule has 1 aromatic carbocycles. The second-order valence-electron chi connectivity index (χ2n) is 7.49. The van der Waals surface area contributed by atoms with Gasteiger partial charge in [0.15, 0.2) is 10.8 Å².